The van der Waals surface area contributed by atoms with Crippen LogP contribution in [-0.2, 0) is 4.79 Å². The van der Waals surface area contributed by atoms with Crippen LogP contribution >= 0.6 is 0 Å². The fourth-order valence-electron chi connectivity index (χ4n) is 1.12. The number of nitrogens with zero attached hydrogens (tertiary/aromatic N) is 1. The van der Waals surface area contributed by atoms with Gasteiger partial charge in [0.1, 0.15) is 6.26 Å². The highest BCUT2D eigenvalue weighted by Crippen LogP contribution is 2.10. The Balaban J connectivity index is 3.02. The SMILES string of the molecule is CC(=O)C(=CN(C)C)C(=O)c1ccoc1. The van der Waals surface area contributed by atoms with Gasteiger partial charge in [-0.25, -0.2) is 0 Å². The minimum absolute atomic E-state index is 0.154. The Morgan fingerprint density at radius 2 is 2.07 bits per heavy atom. The van der Waals surface area contributed by atoms with Gasteiger partial charge in [0.05, 0.1) is 17.4 Å². The Bertz CT molecular complexity index is 388. The average Bonchev–Trinajstić information content (AvgIpc) is 2.65. The molecule has 4 heteroatoms. The molecule has 1 heterocycles. The first kappa shape index (κ1) is 11.2. The van der Waals surface area contributed by atoms with Gasteiger partial charge in [-0.15, -0.1) is 0 Å². The van der Waals surface area contributed by atoms with Crippen molar-refractivity contribution in [2.75, 3.05) is 14.1 Å². The standard InChI is InChI=1S/C11H13NO3/c1-8(13)10(6-12(2)3)11(14)9-4-5-15-7-9/h4-7H,1-3H3. The zero-order chi connectivity index (χ0) is 11.4. The molecule has 0 aliphatic carbocycles. The normalized spacial score (nSPS) is 11.3. The highest BCUT2D eigenvalue weighted by atomic mass is 16.3. The largest absolute Gasteiger partial charge is 0.472 e. The molecule has 0 spiro atoms. The summed E-state index contributed by atoms with van der Waals surface area (Å²) in [6.45, 7) is 1.37. The predicted molar refractivity (Wildman–Crippen MR) is 55.5 cm³/mol. The van der Waals surface area contributed by atoms with Crippen molar-refractivity contribution in [3.05, 3.63) is 35.9 Å². The maximum absolute atomic E-state index is 11.8. The van der Waals surface area contributed by atoms with E-state index in [1.807, 2.05) is 0 Å². The molecule has 0 aliphatic heterocycles. The first-order valence-corrected chi connectivity index (χ1v) is 4.48. The molecule has 0 amide bonds. The molecule has 0 atom stereocenters. The topological polar surface area (TPSA) is 50.5 Å². The molecular formula is C11H13NO3. The van der Waals surface area contributed by atoms with Gasteiger partial charge in [-0.2, -0.15) is 0 Å². The van der Waals surface area contributed by atoms with E-state index in [2.05, 4.69) is 0 Å². The third-order valence-corrected chi connectivity index (χ3v) is 1.79. The Hall–Kier alpha value is -1.84. The van der Waals surface area contributed by atoms with Crippen molar-refractivity contribution >= 4 is 11.6 Å². The molecule has 0 radical (unpaired) electrons. The zero-order valence-corrected chi connectivity index (χ0v) is 8.98. The summed E-state index contributed by atoms with van der Waals surface area (Å²) in [5, 5.41) is 0. The number of furan rings is 1. The highest BCUT2D eigenvalue weighted by molar-refractivity contribution is 6.25. The summed E-state index contributed by atoms with van der Waals surface area (Å²) in [6, 6.07) is 1.54. The number of hydrogen-bond acceptors (Lipinski definition) is 4. The number of Topliss-reactive ketones (excluding diaryl/α,β-unsaturated/α-hetero) is 2. The molecule has 1 aromatic heterocycles. The second kappa shape index (κ2) is 4.59. The van der Waals surface area contributed by atoms with Crippen LogP contribution in [0.25, 0.3) is 0 Å². The molecule has 0 fully saturated rings. The third-order valence-electron chi connectivity index (χ3n) is 1.79. The van der Waals surface area contributed by atoms with Crippen molar-refractivity contribution in [2.45, 2.75) is 6.92 Å². The molecule has 1 rings (SSSR count). The van der Waals surface area contributed by atoms with E-state index in [1.165, 1.54) is 31.7 Å². The van der Waals surface area contributed by atoms with Crippen molar-refractivity contribution in [1.29, 1.82) is 0 Å². The summed E-state index contributed by atoms with van der Waals surface area (Å²) in [5.41, 5.74) is 0.541. The van der Waals surface area contributed by atoms with Gasteiger partial charge in [-0.1, -0.05) is 0 Å². The van der Waals surface area contributed by atoms with Crippen molar-refractivity contribution in [1.82, 2.24) is 4.90 Å². The van der Waals surface area contributed by atoms with Gasteiger partial charge >= 0.3 is 0 Å². The second-order valence-corrected chi connectivity index (χ2v) is 3.40. The lowest BCUT2D eigenvalue weighted by Gasteiger charge is -2.07. The van der Waals surface area contributed by atoms with Gasteiger partial charge in [-0.3, -0.25) is 9.59 Å². The van der Waals surface area contributed by atoms with Crippen molar-refractivity contribution in [2.24, 2.45) is 0 Å². The summed E-state index contributed by atoms with van der Waals surface area (Å²) in [4.78, 5) is 24.7. The number of rotatable bonds is 4. The quantitative estimate of drug-likeness (QED) is 0.325. The molecule has 80 valence electrons. The highest BCUT2D eigenvalue weighted by Gasteiger charge is 2.17. The van der Waals surface area contributed by atoms with Crippen LogP contribution in [0.5, 0.6) is 0 Å². The van der Waals surface area contributed by atoms with Gasteiger partial charge in [0.15, 0.2) is 5.78 Å². The summed E-state index contributed by atoms with van der Waals surface area (Å²) in [7, 11) is 3.51. The smallest absolute Gasteiger partial charge is 0.201 e. The molecule has 1 aromatic rings. The maximum Gasteiger partial charge on any atom is 0.201 e. The fraction of sp³-hybridized carbons (Fsp3) is 0.273. The lowest BCUT2D eigenvalue weighted by Crippen LogP contribution is -2.14. The summed E-state index contributed by atoms with van der Waals surface area (Å²) < 4.78 is 4.80. The fourth-order valence-corrected chi connectivity index (χ4v) is 1.12. The van der Waals surface area contributed by atoms with E-state index in [0.717, 1.165) is 0 Å². The van der Waals surface area contributed by atoms with E-state index in [-0.39, 0.29) is 17.1 Å². The lowest BCUT2D eigenvalue weighted by molar-refractivity contribution is -0.113. The summed E-state index contributed by atoms with van der Waals surface area (Å²) in [5.74, 6) is -0.570. The van der Waals surface area contributed by atoms with Gasteiger partial charge in [0.25, 0.3) is 0 Å². The molecule has 0 N–H and O–H groups in total. The van der Waals surface area contributed by atoms with Crippen LogP contribution in [0.1, 0.15) is 17.3 Å². The number of carbonyl (C=O) groups is 2. The molecule has 0 bridgehead atoms. The molecule has 15 heavy (non-hydrogen) atoms. The maximum atomic E-state index is 11.8. The van der Waals surface area contributed by atoms with E-state index in [9.17, 15) is 9.59 Å². The van der Waals surface area contributed by atoms with Gasteiger partial charge in [-0.05, 0) is 13.0 Å². The Labute approximate surface area is 88.2 Å². The van der Waals surface area contributed by atoms with Crippen molar-refractivity contribution < 1.29 is 14.0 Å². The Morgan fingerprint density at radius 3 is 2.47 bits per heavy atom. The molecular weight excluding hydrogens is 194 g/mol. The first-order chi connectivity index (χ1) is 7.02. The number of carbonyl (C=O) groups excluding carboxylic acids is 2. The summed E-state index contributed by atoms with van der Waals surface area (Å²) in [6.07, 6.45) is 4.24. The average molecular weight is 207 g/mol. The number of allylic oxidation sites excluding steroid dienone is 1. The molecule has 0 aromatic carbocycles. The van der Waals surface area contributed by atoms with E-state index in [0.29, 0.717) is 5.56 Å². The lowest BCUT2D eigenvalue weighted by atomic mass is 10.0. The van der Waals surface area contributed by atoms with Crippen LogP contribution in [0.3, 0.4) is 0 Å². The van der Waals surface area contributed by atoms with E-state index in [1.54, 1.807) is 19.0 Å². The van der Waals surface area contributed by atoms with Crippen LogP contribution < -0.4 is 0 Å². The van der Waals surface area contributed by atoms with E-state index in [4.69, 9.17) is 4.42 Å². The van der Waals surface area contributed by atoms with Crippen LogP contribution in [0, 0.1) is 0 Å². The molecule has 0 saturated carbocycles. The first-order valence-electron chi connectivity index (χ1n) is 4.48. The van der Waals surface area contributed by atoms with Gasteiger partial charge in [0, 0.05) is 20.3 Å². The minimum atomic E-state index is -0.315. The van der Waals surface area contributed by atoms with E-state index >= 15 is 0 Å². The van der Waals surface area contributed by atoms with Gasteiger partial charge < -0.3 is 9.32 Å². The third kappa shape index (κ3) is 2.80. The van der Waals surface area contributed by atoms with Crippen molar-refractivity contribution in [3.8, 4) is 0 Å². The zero-order valence-electron chi connectivity index (χ0n) is 8.98. The minimum Gasteiger partial charge on any atom is -0.472 e. The van der Waals surface area contributed by atoms with Crippen molar-refractivity contribution in [3.63, 3.8) is 0 Å². The molecule has 0 unspecified atom stereocenters. The number of hydrogen-bond donors (Lipinski definition) is 0. The Morgan fingerprint density at radius 1 is 1.40 bits per heavy atom. The van der Waals surface area contributed by atoms with Crippen LogP contribution in [0.4, 0.5) is 0 Å². The monoisotopic (exact) mass is 207 g/mol. The van der Waals surface area contributed by atoms with Gasteiger partial charge in [0.2, 0.25) is 5.78 Å². The molecule has 0 aliphatic rings. The predicted octanol–water partition coefficient (Wildman–Crippen LogP) is 1.50. The molecule has 0 saturated heterocycles. The van der Waals surface area contributed by atoms with Crippen LogP contribution in [-0.4, -0.2) is 30.6 Å². The number of ketones is 2. The van der Waals surface area contributed by atoms with Crippen LogP contribution in [0.2, 0.25) is 0 Å². The van der Waals surface area contributed by atoms with E-state index < -0.39 is 0 Å². The molecule has 4 nitrogen and oxygen atoms in total. The van der Waals surface area contributed by atoms with Crippen LogP contribution in [0.15, 0.2) is 34.8 Å². The summed E-state index contributed by atoms with van der Waals surface area (Å²) >= 11 is 0. The second-order valence-electron chi connectivity index (χ2n) is 3.40. The Kier molecular flexibility index (Phi) is 3.44.